The van der Waals surface area contributed by atoms with Gasteiger partial charge in [0.2, 0.25) is 5.91 Å². The molecule has 1 aromatic heterocycles. The van der Waals surface area contributed by atoms with Crippen molar-refractivity contribution in [3.63, 3.8) is 0 Å². The zero-order chi connectivity index (χ0) is 17.8. The molecule has 0 saturated heterocycles. The third kappa shape index (κ3) is 4.31. The average molecular weight is 351 g/mol. The number of para-hydroxylation sites is 1. The molecule has 0 aliphatic rings. The van der Waals surface area contributed by atoms with Gasteiger partial charge in [0.25, 0.3) is 0 Å². The number of hydrogen-bond acceptors (Lipinski definition) is 3. The summed E-state index contributed by atoms with van der Waals surface area (Å²) in [5, 5.41) is 7.45. The second-order valence-electron chi connectivity index (χ2n) is 6.02. The van der Waals surface area contributed by atoms with Gasteiger partial charge in [0.05, 0.1) is 17.1 Å². The second kappa shape index (κ2) is 7.57. The molecular formula is C20H21N3OS. The molecule has 5 heteroatoms. The molecule has 0 fully saturated rings. The lowest BCUT2D eigenvalue weighted by atomic mass is 10.2. The van der Waals surface area contributed by atoms with Crippen molar-refractivity contribution in [2.24, 2.45) is 0 Å². The Morgan fingerprint density at radius 3 is 2.60 bits per heavy atom. The van der Waals surface area contributed by atoms with Gasteiger partial charge in [0.15, 0.2) is 0 Å². The van der Waals surface area contributed by atoms with Crippen LogP contribution in [-0.4, -0.2) is 21.4 Å². The lowest BCUT2D eigenvalue weighted by Gasteiger charge is -2.10. The molecule has 3 rings (SSSR count). The molecule has 4 nitrogen and oxygen atoms in total. The van der Waals surface area contributed by atoms with Crippen molar-refractivity contribution in [2.75, 3.05) is 11.1 Å². The maximum atomic E-state index is 12.4. The van der Waals surface area contributed by atoms with E-state index in [1.165, 1.54) is 11.1 Å². The van der Waals surface area contributed by atoms with E-state index in [2.05, 4.69) is 42.5 Å². The average Bonchev–Trinajstić information content (AvgIpc) is 2.96. The van der Waals surface area contributed by atoms with Gasteiger partial charge >= 0.3 is 0 Å². The molecule has 0 bridgehead atoms. The molecular weight excluding hydrogens is 330 g/mol. The van der Waals surface area contributed by atoms with Crippen LogP contribution in [0.1, 0.15) is 16.8 Å². The van der Waals surface area contributed by atoms with Gasteiger partial charge in [-0.3, -0.25) is 4.79 Å². The number of nitrogens with one attached hydrogen (secondary N) is 1. The number of carbonyl (C=O) groups is 1. The highest BCUT2D eigenvalue weighted by atomic mass is 32.2. The fraction of sp³-hybridized carbons (Fsp3) is 0.200. The molecule has 1 heterocycles. The van der Waals surface area contributed by atoms with Crippen LogP contribution in [0.4, 0.5) is 5.82 Å². The summed E-state index contributed by atoms with van der Waals surface area (Å²) in [5.41, 5.74) is 4.18. The van der Waals surface area contributed by atoms with Crippen molar-refractivity contribution in [3.8, 4) is 5.69 Å². The molecule has 25 heavy (non-hydrogen) atoms. The summed E-state index contributed by atoms with van der Waals surface area (Å²) < 4.78 is 1.76. The molecule has 0 radical (unpaired) electrons. The minimum atomic E-state index is -0.0389. The molecule has 0 aliphatic heterocycles. The maximum absolute atomic E-state index is 12.4. The van der Waals surface area contributed by atoms with E-state index in [0.717, 1.165) is 16.3 Å². The molecule has 2 aromatic carbocycles. The van der Waals surface area contributed by atoms with Gasteiger partial charge in [0.1, 0.15) is 5.82 Å². The van der Waals surface area contributed by atoms with Gasteiger partial charge in [-0.15, -0.1) is 11.8 Å². The number of rotatable bonds is 5. The normalized spacial score (nSPS) is 10.7. The topological polar surface area (TPSA) is 46.9 Å². The van der Waals surface area contributed by atoms with E-state index >= 15 is 0 Å². The van der Waals surface area contributed by atoms with Gasteiger partial charge in [0, 0.05) is 11.0 Å². The van der Waals surface area contributed by atoms with E-state index in [4.69, 9.17) is 0 Å². The number of nitrogens with zero attached hydrogens (tertiary/aromatic N) is 2. The van der Waals surface area contributed by atoms with Crippen LogP contribution in [0.15, 0.2) is 59.5 Å². The number of hydrogen-bond donors (Lipinski definition) is 1. The Bertz CT molecular complexity index is 887. The van der Waals surface area contributed by atoms with Crippen LogP contribution >= 0.6 is 11.8 Å². The van der Waals surface area contributed by atoms with Crippen LogP contribution in [0.3, 0.4) is 0 Å². The predicted octanol–water partition coefficient (Wildman–Crippen LogP) is 4.53. The Morgan fingerprint density at radius 2 is 1.84 bits per heavy atom. The van der Waals surface area contributed by atoms with E-state index in [1.54, 1.807) is 16.4 Å². The molecule has 0 atom stereocenters. The number of aryl methyl sites for hydroxylation is 3. The first-order valence-corrected chi connectivity index (χ1v) is 9.13. The minimum absolute atomic E-state index is 0.0389. The standard InChI is InChI=1S/C20H21N3OS/c1-14-9-10-15(2)18(11-14)25-13-20(24)21-19-12-16(3)22-23(19)17-7-5-4-6-8-17/h4-12H,13H2,1-3H3,(H,21,24). The predicted molar refractivity (Wildman–Crippen MR) is 104 cm³/mol. The van der Waals surface area contributed by atoms with Crippen LogP contribution < -0.4 is 5.32 Å². The van der Waals surface area contributed by atoms with Crippen molar-refractivity contribution in [1.29, 1.82) is 0 Å². The highest BCUT2D eigenvalue weighted by molar-refractivity contribution is 8.00. The van der Waals surface area contributed by atoms with E-state index in [1.807, 2.05) is 43.3 Å². The van der Waals surface area contributed by atoms with Gasteiger partial charge in [-0.25, -0.2) is 4.68 Å². The number of benzene rings is 2. The molecule has 128 valence electrons. The van der Waals surface area contributed by atoms with Crippen molar-refractivity contribution in [2.45, 2.75) is 25.7 Å². The number of aromatic nitrogens is 2. The molecule has 0 unspecified atom stereocenters. The summed E-state index contributed by atoms with van der Waals surface area (Å²) in [7, 11) is 0. The summed E-state index contributed by atoms with van der Waals surface area (Å²) in [6, 6.07) is 18.0. The van der Waals surface area contributed by atoms with E-state index < -0.39 is 0 Å². The smallest absolute Gasteiger partial charge is 0.235 e. The van der Waals surface area contributed by atoms with Gasteiger partial charge < -0.3 is 5.32 Å². The Morgan fingerprint density at radius 1 is 1.08 bits per heavy atom. The van der Waals surface area contributed by atoms with Gasteiger partial charge in [-0.05, 0) is 44.5 Å². The third-order valence-corrected chi connectivity index (χ3v) is 4.96. The second-order valence-corrected chi connectivity index (χ2v) is 7.04. The van der Waals surface area contributed by atoms with Gasteiger partial charge in [-0.1, -0.05) is 35.9 Å². The lowest BCUT2D eigenvalue weighted by Crippen LogP contribution is -2.17. The molecule has 1 amide bonds. The fourth-order valence-electron chi connectivity index (χ4n) is 2.54. The highest BCUT2D eigenvalue weighted by Crippen LogP contribution is 2.24. The highest BCUT2D eigenvalue weighted by Gasteiger charge is 2.11. The van der Waals surface area contributed by atoms with Crippen LogP contribution in [-0.2, 0) is 4.79 Å². The van der Waals surface area contributed by atoms with Crippen molar-refractivity contribution in [3.05, 3.63) is 71.4 Å². The molecule has 0 saturated carbocycles. The fourth-order valence-corrected chi connectivity index (χ4v) is 3.46. The molecule has 0 spiro atoms. The first-order chi connectivity index (χ1) is 12.0. The zero-order valence-corrected chi connectivity index (χ0v) is 15.4. The van der Waals surface area contributed by atoms with Crippen molar-refractivity contribution in [1.82, 2.24) is 9.78 Å². The van der Waals surface area contributed by atoms with E-state index in [-0.39, 0.29) is 5.91 Å². The largest absolute Gasteiger partial charge is 0.310 e. The third-order valence-electron chi connectivity index (χ3n) is 3.80. The summed E-state index contributed by atoms with van der Waals surface area (Å²) in [6.45, 7) is 6.04. The van der Waals surface area contributed by atoms with Gasteiger partial charge in [-0.2, -0.15) is 5.10 Å². The zero-order valence-electron chi connectivity index (χ0n) is 14.6. The molecule has 0 aliphatic carbocycles. The van der Waals surface area contributed by atoms with E-state index in [0.29, 0.717) is 11.6 Å². The summed E-state index contributed by atoms with van der Waals surface area (Å²) >= 11 is 1.56. The summed E-state index contributed by atoms with van der Waals surface area (Å²) in [6.07, 6.45) is 0. The SMILES string of the molecule is Cc1ccc(C)c(SCC(=O)Nc2cc(C)nn2-c2ccccc2)c1. The van der Waals surface area contributed by atoms with Crippen molar-refractivity contribution < 1.29 is 4.79 Å². The van der Waals surface area contributed by atoms with Crippen LogP contribution in [0.2, 0.25) is 0 Å². The van der Waals surface area contributed by atoms with Crippen LogP contribution in [0.5, 0.6) is 0 Å². The monoisotopic (exact) mass is 351 g/mol. The molecule has 3 aromatic rings. The van der Waals surface area contributed by atoms with E-state index in [9.17, 15) is 4.79 Å². The first-order valence-electron chi connectivity index (χ1n) is 8.15. The Kier molecular flexibility index (Phi) is 5.24. The summed E-state index contributed by atoms with van der Waals surface area (Å²) in [4.78, 5) is 13.5. The Labute approximate surface area is 152 Å². The summed E-state index contributed by atoms with van der Waals surface area (Å²) in [5.74, 6) is 1.02. The van der Waals surface area contributed by atoms with Crippen LogP contribution in [0.25, 0.3) is 5.69 Å². The lowest BCUT2D eigenvalue weighted by molar-refractivity contribution is -0.113. The minimum Gasteiger partial charge on any atom is -0.310 e. The number of carbonyl (C=O) groups excluding carboxylic acids is 1. The number of anilines is 1. The molecule has 1 N–H and O–H groups in total. The maximum Gasteiger partial charge on any atom is 0.235 e. The van der Waals surface area contributed by atoms with Crippen molar-refractivity contribution >= 4 is 23.5 Å². The first kappa shape index (κ1) is 17.3. The number of thioether (sulfide) groups is 1. The Balaban J connectivity index is 1.70. The number of amides is 1. The Hall–Kier alpha value is -2.53. The quantitative estimate of drug-likeness (QED) is 0.687. The van der Waals surface area contributed by atoms with Crippen LogP contribution in [0, 0.1) is 20.8 Å².